The van der Waals surface area contributed by atoms with Gasteiger partial charge in [0.25, 0.3) is 0 Å². The Labute approximate surface area is 307 Å². The van der Waals surface area contributed by atoms with Gasteiger partial charge in [-0.25, -0.2) is 0 Å². The summed E-state index contributed by atoms with van der Waals surface area (Å²) < 4.78 is 0. The van der Waals surface area contributed by atoms with Gasteiger partial charge in [-0.05, 0) is 58.4 Å². The SMILES string of the molecule is CCCCN1CCN(CCO)CC1.CCCN1CCN(CCO)CC1.CCCN1CCN(CCO)CC1.NCCCN1CCN(CCO)CC1. The van der Waals surface area contributed by atoms with Crippen molar-refractivity contribution in [3.8, 4) is 0 Å². The molecule has 0 amide bonds. The highest BCUT2D eigenvalue weighted by Crippen LogP contribution is 2.04. The van der Waals surface area contributed by atoms with Gasteiger partial charge in [-0.2, -0.15) is 0 Å². The molecular formula is C37H83N9O4. The molecule has 0 saturated carbocycles. The standard InChI is InChI=1S/C10H22N2O.C9H21N3O.2C9H20N2O/c1-2-3-4-11-5-7-12(8-6-11)9-10-13;10-2-1-3-11-4-6-12(7-5-11)8-9-13;2*1-2-3-10-4-6-11(7-5-10)8-9-12/h13H,2-10H2,1H3;13H,1-10H2;2*12H,2-9H2,1H3. The van der Waals surface area contributed by atoms with Crippen LogP contribution >= 0.6 is 0 Å². The minimum atomic E-state index is 0.281. The molecule has 0 spiro atoms. The molecule has 300 valence electrons. The second-order valence-corrected chi connectivity index (χ2v) is 14.1. The second-order valence-electron chi connectivity index (χ2n) is 14.1. The lowest BCUT2D eigenvalue weighted by molar-refractivity contribution is 0.112. The summed E-state index contributed by atoms with van der Waals surface area (Å²) >= 11 is 0. The Morgan fingerprint density at radius 2 is 0.540 bits per heavy atom. The molecule has 4 saturated heterocycles. The Morgan fingerprint density at radius 3 is 0.740 bits per heavy atom. The van der Waals surface area contributed by atoms with Gasteiger partial charge in [-0.1, -0.05) is 27.2 Å². The smallest absolute Gasteiger partial charge is 0.0558 e. The van der Waals surface area contributed by atoms with Gasteiger partial charge in [0.15, 0.2) is 0 Å². The number of aliphatic hydroxyl groups excluding tert-OH is 4. The second kappa shape index (κ2) is 33.1. The molecule has 6 N–H and O–H groups in total. The largest absolute Gasteiger partial charge is 0.395 e. The normalized spacial score (nSPS) is 21.1. The molecule has 0 radical (unpaired) electrons. The maximum absolute atomic E-state index is 8.77. The number of rotatable bonds is 18. The van der Waals surface area contributed by atoms with Crippen molar-refractivity contribution < 1.29 is 20.4 Å². The summed E-state index contributed by atoms with van der Waals surface area (Å²) in [4.78, 5) is 19.2. The van der Waals surface area contributed by atoms with Crippen LogP contribution in [0.4, 0.5) is 0 Å². The number of piperazine rings is 4. The summed E-state index contributed by atoms with van der Waals surface area (Å²) in [5, 5.41) is 35.0. The van der Waals surface area contributed by atoms with Crippen LogP contribution in [0.5, 0.6) is 0 Å². The van der Waals surface area contributed by atoms with Crippen molar-refractivity contribution in [1.82, 2.24) is 39.2 Å². The fourth-order valence-corrected chi connectivity index (χ4v) is 6.84. The molecule has 0 bridgehead atoms. The van der Waals surface area contributed by atoms with E-state index in [1.165, 1.54) is 84.6 Å². The maximum atomic E-state index is 8.77. The fourth-order valence-electron chi connectivity index (χ4n) is 6.84. The number of nitrogens with two attached hydrogens (primary N) is 1. The molecule has 0 aliphatic carbocycles. The zero-order chi connectivity index (χ0) is 36.7. The van der Waals surface area contributed by atoms with Crippen molar-refractivity contribution in [3.63, 3.8) is 0 Å². The molecule has 4 rings (SSSR count). The summed E-state index contributed by atoms with van der Waals surface area (Å²) in [5.74, 6) is 0. The van der Waals surface area contributed by atoms with Crippen molar-refractivity contribution in [2.75, 3.05) is 190 Å². The van der Waals surface area contributed by atoms with Crippen LogP contribution in [-0.2, 0) is 0 Å². The van der Waals surface area contributed by atoms with E-state index in [0.717, 1.165) is 111 Å². The van der Waals surface area contributed by atoms with Crippen molar-refractivity contribution in [2.45, 2.75) is 52.9 Å². The molecule has 0 atom stereocenters. The van der Waals surface area contributed by atoms with E-state index in [1.807, 2.05) is 0 Å². The lowest BCUT2D eigenvalue weighted by Gasteiger charge is -2.34. The first kappa shape index (κ1) is 47.5. The number of nitrogens with zero attached hydrogens (tertiary/aromatic N) is 8. The summed E-state index contributed by atoms with van der Waals surface area (Å²) in [6.07, 6.45) is 6.21. The number of unbranched alkanes of at least 4 members (excludes halogenated alkanes) is 1. The van der Waals surface area contributed by atoms with Crippen LogP contribution in [0.1, 0.15) is 52.9 Å². The van der Waals surface area contributed by atoms with Crippen molar-refractivity contribution in [3.05, 3.63) is 0 Å². The molecule has 4 aliphatic heterocycles. The molecule has 0 aromatic rings. The van der Waals surface area contributed by atoms with Crippen LogP contribution in [0.15, 0.2) is 0 Å². The first-order valence-electron chi connectivity index (χ1n) is 20.4. The Balaban J connectivity index is 0.000000334. The zero-order valence-corrected chi connectivity index (χ0v) is 33.0. The van der Waals surface area contributed by atoms with Gasteiger partial charge < -0.3 is 45.8 Å². The number of β-amino-alcohol motifs (C(OH)–C–C–N with tert-alkyl or cyclic N) is 4. The minimum Gasteiger partial charge on any atom is -0.395 e. The van der Waals surface area contributed by atoms with E-state index in [-0.39, 0.29) is 6.61 Å². The number of aliphatic hydroxyl groups is 4. The lowest BCUT2D eigenvalue weighted by Crippen LogP contribution is -2.47. The summed E-state index contributed by atoms with van der Waals surface area (Å²) in [6.45, 7) is 35.1. The summed E-state index contributed by atoms with van der Waals surface area (Å²) in [7, 11) is 0. The van der Waals surface area contributed by atoms with Crippen LogP contribution in [0.25, 0.3) is 0 Å². The average Bonchev–Trinajstić information content (AvgIpc) is 3.14. The van der Waals surface area contributed by atoms with Crippen LogP contribution in [0.2, 0.25) is 0 Å². The summed E-state index contributed by atoms with van der Waals surface area (Å²) in [5.41, 5.74) is 5.45. The van der Waals surface area contributed by atoms with Crippen LogP contribution in [0.3, 0.4) is 0 Å². The highest BCUT2D eigenvalue weighted by Gasteiger charge is 2.17. The Bertz CT molecular complexity index is 614. The number of hydrogen-bond donors (Lipinski definition) is 5. The van der Waals surface area contributed by atoms with E-state index in [9.17, 15) is 0 Å². The maximum Gasteiger partial charge on any atom is 0.0558 e. The first-order valence-corrected chi connectivity index (χ1v) is 20.4. The quantitative estimate of drug-likeness (QED) is 0.123. The topological polar surface area (TPSA) is 133 Å². The fraction of sp³-hybridized carbons (Fsp3) is 1.00. The van der Waals surface area contributed by atoms with E-state index >= 15 is 0 Å². The van der Waals surface area contributed by atoms with Crippen molar-refractivity contribution in [1.29, 1.82) is 0 Å². The summed E-state index contributed by atoms with van der Waals surface area (Å²) in [6, 6.07) is 0. The first-order chi connectivity index (χ1) is 24.5. The molecule has 4 heterocycles. The predicted molar refractivity (Wildman–Crippen MR) is 209 cm³/mol. The minimum absolute atomic E-state index is 0.281. The average molecular weight is 718 g/mol. The number of hydrogen-bond acceptors (Lipinski definition) is 13. The van der Waals surface area contributed by atoms with Crippen LogP contribution < -0.4 is 5.73 Å². The molecule has 50 heavy (non-hydrogen) atoms. The van der Waals surface area contributed by atoms with Gasteiger partial charge in [0.05, 0.1) is 26.4 Å². The van der Waals surface area contributed by atoms with Crippen LogP contribution in [-0.4, -0.2) is 250 Å². The Hall–Kier alpha value is -0.520. The van der Waals surface area contributed by atoms with Gasteiger partial charge in [0.2, 0.25) is 0 Å². The molecule has 13 nitrogen and oxygen atoms in total. The molecule has 4 fully saturated rings. The van der Waals surface area contributed by atoms with Gasteiger partial charge in [-0.3, -0.25) is 19.6 Å². The molecule has 0 aromatic carbocycles. The van der Waals surface area contributed by atoms with Gasteiger partial charge in [-0.15, -0.1) is 0 Å². The third-order valence-electron chi connectivity index (χ3n) is 10.1. The van der Waals surface area contributed by atoms with Gasteiger partial charge >= 0.3 is 0 Å². The lowest BCUT2D eigenvalue weighted by atomic mass is 10.2. The van der Waals surface area contributed by atoms with E-state index in [4.69, 9.17) is 26.2 Å². The van der Waals surface area contributed by atoms with Gasteiger partial charge in [0.1, 0.15) is 0 Å². The molecular weight excluding hydrogens is 634 g/mol. The Morgan fingerprint density at radius 1 is 0.320 bits per heavy atom. The molecule has 13 heteroatoms. The Kier molecular flexibility index (Phi) is 31.4. The van der Waals surface area contributed by atoms with Crippen molar-refractivity contribution in [2.24, 2.45) is 5.73 Å². The van der Waals surface area contributed by atoms with E-state index in [2.05, 4.69) is 60.0 Å². The highest BCUT2D eigenvalue weighted by molar-refractivity contribution is 4.74. The highest BCUT2D eigenvalue weighted by atomic mass is 16.3. The third kappa shape index (κ3) is 23.9. The monoisotopic (exact) mass is 718 g/mol. The third-order valence-corrected chi connectivity index (χ3v) is 10.1. The zero-order valence-electron chi connectivity index (χ0n) is 33.0. The molecule has 0 unspecified atom stereocenters. The van der Waals surface area contributed by atoms with Crippen LogP contribution in [0, 0.1) is 0 Å². The van der Waals surface area contributed by atoms with Gasteiger partial charge in [0, 0.05) is 131 Å². The van der Waals surface area contributed by atoms with Crippen molar-refractivity contribution >= 4 is 0 Å². The van der Waals surface area contributed by atoms with E-state index in [1.54, 1.807) is 0 Å². The van der Waals surface area contributed by atoms with E-state index < -0.39 is 0 Å². The molecule has 4 aliphatic rings. The van der Waals surface area contributed by atoms with E-state index in [0.29, 0.717) is 19.8 Å². The molecule has 0 aromatic heterocycles. The predicted octanol–water partition coefficient (Wildman–Crippen LogP) is -0.646.